The first-order valence-electron chi connectivity index (χ1n) is 12.1. The van der Waals surface area contributed by atoms with Gasteiger partial charge in [-0.25, -0.2) is 5.10 Å². The van der Waals surface area contributed by atoms with Gasteiger partial charge >= 0.3 is 0 Å². The fraction of sp³-hybridized carbons (Fsp3) is 0.462. The van der Waals surface area contributed by atoms with Crippen molar-refractivity contribution >= 4 is 29.8 Å². The Labute approximate surface area is 212 Å². The number of aromatic nitrogens is 2. The molecule has 8 nitrogen and oxygen atoms in total. The first kappa shape index (κ1) is 25.1. The number of nitrogens with one attached hydrogen (secondary N) is 1. The third-order valence-corrected chi connectivity index (χ3v) is 7.56. The Morgan fingerprint density at radius 1 is 1.31 bits per heavy atom. The Morgan fingerprint density at radius 3 is 2.80 bits per heavy atom. The van der Waals surface area contributed by atoms with E-state index >= 15 is 0 Å². The second kappa shape index (κ2) is 11.2. The summed E-state index contributed by atoms with van der Waals surface area (Å²) in [6.07, 6.45) is 3.46. The normalized spacial score (nSPS) is 21.8. The fourth-order valence-corrected chi connectivity index (χ4v) is 5.41. The van der Waals surface area contributed by atoms with Crippen LogP contribution in [0, 0.1) is 5.92 Å². The first-order valence-corrected chi connectivity index (χ1v) is 12.4. The molecule has 3 heterocycles. The highest BCUT2D eigenvalue weighted by Crippen LogP contribution is 2.30. The van der Waals surface area contributed by atoms with Crippen molar-refractivity contribution in [1.82, 2.24) is 20.0 Å². The number of amidine groups is 1. The Balaban J connectivity index is 1.53. The zero-order valence-corrected chi connectivity index (χ0v) is 21.5. The zero-order valence-electron chi connectivity index (χ0n) is 20.7. The van der Waals surface area contributed by atoms with Crippen LogP contribution in [0.15, 0.2) is 62.6 Å². The van der Waals surface area contributed by atoms with Gasteiger partial charge in [-0.1, -0.05) is 48.9 Å². The minimum atomic E-state index is -0.394. The zero-order chi connectivity index (χ0) is 24.9. The van der Waals surface area contributed by atoms with E-state index in [1.165, 1.54) is 5.56 Å². The van der Waals surface area contributed by atoms with Gasteiger partial charge in [0.2, 0.25) is 0 Å². The maximum absolute atomic E-state index is 11.9. The summed E-state index contributed by atoms with van der Waals surface area (Å²) in [5.74, 6) is 1.51. The van der Waals surface area contributed by atoms with Crippen LogP contribution < -0.4 is 10.5 Å². The topological polar surface area (TPSA) is 80.2 Å². The summed E-state index contributed by atoms with van der Waals surface area (Å²) in [7, 11) is 3.99. The van der Waals surface area contributed by atoms with Crippen LogP contribution in [0.5, 0.6) is 0 Å². The number of nitrogens with zero attached hydrogens (tertiary/aromatic N) is 6. The van der Waals surface area contributed by atoms with Crippen molar-refractivity contribution in [3.8, 4) is 0 Å². The average Bonchev–Trinajstić information content (AvgIpc) is 2.88. The van der Waals surface area contributed by atoms with E-state index in [2.05, 4.69) is 76.0 Å². The van der Waals surface area contributed by atoms with Crippen LogP contribution in [0.25, 0.3) is 0 Å². The first-order chi connectivity index (χ1) is 16.9. The molecule has 0 aliphatic carbocycles. The molecule has 0 unspecified atom stereocenters. The van der Waals surface area contributed by atoms with Crippen molar-refractivity contribution in [2.45, 2.75) is 32.4 Å². The largest absolute Gasteiger partial charge is 0.363 e. The fourth-order valence-electron chi connectivity index (χ4n) is 5.20. The van der Waals surface area contributed by atoms with Gasteiger partial charge in [-0.2, -0.15) is 5.10 Å². The van der Waals surface area contributed by atoms with Crippen LogP contribution in [0.3, 0.4) is 0 Å². The molecule has 186 valence electrons. The van der Waals surface area contributed by atoms with Crippen molar-refractivity contribution in [2.24, 2.45) is 15.9 Å². The van der Waals surface area contributed by atoms with E-state index in [4.69, 9.17) is 16.6 Å². The van der Waals surface area contributed by atoms with Crippen LogP contribution in [0.2, 0.25) is 5.02 Å². The highest BCUT2D eigenvalue weighted by molar-refractivity contribution is 6.33. The van der Waals surface area contributed by atoms with E-state index < -0.39 is 5.56 Å². The van der Waals surface area contributed by atoms with Gasteiger partial charge in [-0.05, 0) is 37.6 Å². The number of aromatic amines is 1. The minimum Gasteiger partial charge on any atom is -0.363 e. The maximum Gasteiger partial charge on any atom is 0.285 e. The summed E-state index contributed by atoms with van der Waals surface area (Å²) in [6.45, 7) is 10.4. The lowest BCUT2D eigenvalue weighted by Gasteiger charge is -2.44. The van der Waals surface area contributed by atoms with E-state index in [0.29, 0.717) is 30.7 Å². The van der Waals surface area contributed by atoms with Crippen molar-refractivity contribution < 1.29 is 0 Å². The van der Waals surface area contributed by atoms with Gasteiger partial charge in [-0.3, -0.25) is 19.7 Å². The maximum atomic E-state index is 11.9. The van der Waals surface area contributed by atoms with Crippen LogP contribution >= 0.6 is 11.6 Å². The van der Waals surface area contributed by atoms with E-state index in [1.807, 2.05) is 11.9 Å². The van der Waals surface area contributed by atoms with Crippen molar-refractivity contribution in [1.29, 1.82) is 0 Å². The van der Waals surface area contributed by atoms with Crippen molar-refractivity contribution in [3.63, 3.8) is 0 Å². The van der Waals surface area contributed by atoms with Gasteiger partial charge in [0.05, 0.1) is 24.1 Å². The summed E-state index contributed by atoms with van der Waals surface area (Å²) < 4.78 is 0. The molecule has 2 aromatic rings. The molecule has 2 atom stereocenters. The number of hydrogen-bond acceptors (Lipinski definition) is 6. The molecule has 1 aromatic carbocycles. The van der Waals surface area contributed by atoms with Gasteiger partial charge in [0.1, 0.15) is 10.9 Å². The molecule has 1 N–H and O–H groups in total. The second-order valence-corrected chi connectivity index (χ2v) is 9.74. The Kier molecular flexibility index (Phi) is 8.03. The van der Waals surface area contributed by atoms with E-state index in [9.17, 15) is 4.79 Å². The average molecular weight is 496 g/mol. The molecule has 1 fully saturated rings. The highest BCUT2D eigenvalue weighted by atomic mass is 35.5. The number of halogens is 1. The molecule has 0 radical (unpaired) electrons. The molecule has 2 aliphatic rings. The van der Waals surface area contributed by atoms with E-state index in [-0.39, 0.29) is 5.02 Å². The quantitative estimate of drug-likeness (QED) is 0.490. The number of H-pyrrole nitrogens is 1. The van der Waals surface area contributed by atoms with Gasteiger partial charge in [0, 0.05) is 45.3 Å². The number of anilines is 1. The minimum absolute atomic E-state index is 0.142. The summed E-state index contributed by atoms with van der Waals surface area (Å²) in [6, 6.07) is 11.0. The van der Waals surface area contributed by atoms with Gasteiger partial charge < -0.3 is 9.80 Å². The molecule has 0 bridgehead atoms. The lowest BCUT2D eigenvalue weighted by molar-refractivity contribution is 0.105. The van der Waals surface area contributed by atoms with Crippen LogP contribution in [-0.2, 0) is 6.54 Å². The lowest BCUT2D eigenvalue weighted by atomic mass is 9.91. The Morgan fingerprint density at radius 2 is 2.09 bits per heavy atom. The monoisotopic (exact) mass is 495 g/mol. The summed E-state index contributed by atoms with van der Waals surface area (Å²) in [5, 5.41) is 6.43. The van der Waals surface area contributed by atoms with Crippen LogP contribution in [-0.4, -0.2) is 78.9 Å². The van der Waals surface area contributed by atoms with Crippen LogP contribution in [0.4, 0.5) is 5.69 Å². The van der Waals surface area contributed by atoms with Gasteiger partial charge in [0.15, 0.2) is 0 Å². The number of hydrogen-bond donors (Lipinski definition) is 1. The number of benzene rings is 1. The summed E-state index contributed by atoms with van der Waals surface area (Å²) in [4.78, 5) is 27.9. The number of aliphatic imine (C=N–C) groups is 2. The van der Waals surface area contributed by atoms with Crippen molar-refractivity contribution in [3.05, 3.63) is 68.7 Å². The predicted octanol–water partition coefficient (Wildman–Crippen LogP) is 3.46. The molecular weight excluding hydrogens is 462 g/mol. The van der Waals surface area contributed by atoms with Crippen molar-refractivity contribution in [2.75, 3.05) is 45.2 Å². The molecule has 1 aromatic heterocycles. The molecule has 9 heteroatoms. The third-order valence-electron chi connectivity index (χ3n) is 7.19. The van der Waals surface area contributed by atoms with E-state index in [1.54, 1.807) is 6.20 Å². The summed E-state index contributed by atoms with van der Waals surface area (Å²) in [5.41, 5.74) is 3.51. The molecule has 4 rings (SSSR count). The van der Waals surface area contributed by atoms with Gasteiger partial charge in [0.25, 0.3) is 5.56 Å². The van der Waals surface area contributed by atoms with Crippen LogP contribution in [0.1, 0.15) is 25.3 Å². The Bertz CT molecular complexity index is 1160. The number of piperidine rings is 1. The third kappa shape index (κ3) is 5.49. The molecule has 35 heavy (non-hydrogen) atoms. The second-order valence-electron chi connectivity index (χ2n) is 9.37. The highest BCUT2D eigenvalue weighted by Gasteiger charge is 2.33. The molecule has 0 saturated carbocycles. The lowest BCUT2D eigenvalue weighted by Crippen LogP contribution is -2.53. The van der Waals surface area contributed by atoms with Gasteiger partial charge in [-0.15, -0.1) is 0 Å². The van der Waals surface area contributed by atoms with E-state index in [0.717, 1.165) is 49.6 Å². The Hall–Kier alpha value is -2.97. The smallest absolute Gasteiger partial charge is 0.285 e. The number of rotatable bonds is 6. The summed E-state index contributed by atoms with van der Waals surface area (Å²) >= 11 is 6.26. The molecule has 2 aliphatic heterocycles. The molecule has 0 amide bonds. The molecule has 0 spiro atoms. The predicted molar refractivity (Wildman–Crippen MR) is 144 cm³/mol. The standard InChI is InChI=1S/C26H34ClN7O/c1-18-10-12-33(15-19-8-6-5-7-9-19)17-23(18)32(4)25(29-3)20-11-13-34(16-21(20)28-2)22-14-30-31-26(35)24(22)27/h5-9,14,18,23H,2,10-13,15-17H2,1,3-4H3,(H,31,35)/t18-,23+/m0/s1. The number of likely N-dealkylation sites (N-methyl/N-ethyl adjacent to an activating group) is 1. The molecule has 1 saturated heterocycles. The number of likely N-dealkylation sites (tertiary alicyclic amines) is 1. The molecular formula is C26H34ClN7O. The SMILES string of the molecule is C=NC1=C(C(=NC)N(C)[C@@H]2CN(Cc3ccccc3)CC[C@@H]2C)CCN(c2cn[nH]c(=O)c2Cl)C1.